The zero-order valence-corrected chi connectivity index (χ0v) is 11.0. The number of rotatable bonds is 5. The molecule has 1 saturated heterocycles. The second-order valence-corrected chi connectivity index (χ2v) is 4.60. The molecule has 1 aliphatic rings. The van der Waals surface area contributed by atoms with Gasteiger partial charge in [0.1, 0.15) is 12.1 Å². The Bertz CT molecular complexity index is 291. The van der Waals surface area contributed by atoms with Gasteiger partial charge in [0.05, 0.1) is 12.7 Å². The predicted octanol–water partition coefficient (Wildman–Crippen LogP) is 0.537. The number of ether oxygens (including phenoxy) is 1. The number of hydrogen-bond acceptors (Lipinski definition) is 3. The number of nitrogens with zero attached hydrogens (tertiary/aromatic N) is 1. The normalized spacial score (nSPS) is 25.4. The number of piperazine rings is 1. The summed E-state index contributed by atoms with van der Waals surface area (Å²) < 4.78 is 5.42. The highest BCUT2D eigenvalue weighted by molar-refractivity contribution is 5.96. The molecule has 1 fully saturated rings. The van der Waals surface area contributed by atoms with Crippen LogP contribution in [-0.4, -0.2) is 48.1 Å². The van der Waals surface area contributed by atoms with E-state index in [2.05, 4.69) is 5.32 Å². The van der Waals surface area contributed by atoms with Crippen molar-refractivity contribution in [2.75, 3.05) is 13.2 Å². The van der Waals surface area contributed by atoms with Gasteiger partial charge < -0.3 is 15.0 Å². The number of amides is 2. The minimum absolute atomic E-state index is 0.00745. The molecule has 5 heteroatoms. The SMILES string of the molecule is CCC1NC(=O)C(C)N(CCOC(C)C)C1=O. The fraction of sp³-hybridized carbons (Fsp3) is 0.833. The van der Waals surface area contributed by atoms with E-state index in [4.69, 9.17) is 4.74 Å². The number of carbonyl (C=O) groups excluding carboxylic acids is 2. The molecule has 5 nitrogen and oxygen atoms in total. The molecule has 2 unspecified atom stereocenters. The summed E-state index contributed by atoms with van der Waals surface area (Å²) in [5, 5.41) is 2.72. The Kier molecular flexibility index (Phi) is 4.93. The van der Waals surface area contributed by atoms with Crippen LogP contribution in [0.1, 0.15) is 34.1 Å². The van der Waals surface area contributed by atoms with Crippen LogP contribution in [0.2, 0.25) is 0 Å². The molecular formula is C12H22N2O3. The first-order chi connectivity index (χ1) is 7.97. The van der Waals surface area contributed by atoms with Crippen LogP contribution in [0.5, 0.6) is 0 Å². The molecule has 1 rings (SSSR count). The Morgan fingerprint density at radius 2 is 2.06 bits per heavy atom. The zero-order chi connectivity index (χ0) is 13.0. The molecule has 0 spiro atoms. The molecule has 2 atom stereocenters. The van der Waals surface area contributed by atoms with Gasteiger partial charge in [-0.25, -0.2) is 0 Å². The van der Waals surface area contributed by atoms with E-state index < -0.39 is 6.04 Å². The standard InChI is InChI=1S/C12H22N2O3/c1-5-10-12(16)14(6-7-17-8(2)3)9(4)11(15)13-10/h8-10H,5-7H2,1-4H3,(H,13,15). The van der Waals surface area contributed by atoms with Gasteiger partial charge in [0.2, 0.25) is 11.8 Å². The Morgan fingerprint density at radius 1 is 1.41 bits per heavy atom. The smallest absolute Gasteiger partial charge is 0.245 e. The van der Waals surface area contributed by atoms with E-state index in [0.717, 1.165) is 0 Å². The maximum absolute atomic E-state index is 12.0. The summed E-state index contributed by atoms with van der Waals surface area (Å²) in [6.07, 6.45) is 0.764. The number of nitrogens with one attached hydrogen (secondary N) is 1. The summed E-state index contributed by atoms with van der Waals surface area (Å²) in [7, 11) is 0. The molecule has 0 aromatic rings. The molecule has 1 N–H and O–H groups in total. The van der Waals surface area contributed by atoms with Crippen molar-refractivity contribution in [2.24, 2.45) is 0 Å². The maximum Gasteiger partial charge on any atom is 0.245 e. The molecule has 98 valence electrons. The van der Waals surface area contributed by atoms with Crippen molar-refractivity contribution in [3.05, 3.63) is 0 Å². The molecule has 1 aliphatic heterocycles. The Hall–Kier alpha value is -1.10. The highest BCUT2D eigenvalue weighted by Crippen LogP contribution is 2.11. The fourth-order valence-corrected chi connectivity index (χ4v) is 1.85. The van der Waals surface area contributed by atoms with Crippen LogP contribution in [0.4, 0.5) is 0 Å². The van der Waals surface area contributed by atoms with Crippen molar-refractivity contribution < 1.29 is 14.3 Å². The molecule has 0 aliphatic carbocycles. The molecule has 0 bridgehead atoms. The first kappa shape index (κ1) is 14.0. The second-order valence-electron chi connectivity index (χ2n) is 4.60. The largest absolute Gasteiger partial charge is 0.377 e. The van der Waals surface area contributed by atoms with E-state index in [9.17, 15) is 9.59 Å². The van der Waals surface area contributed by atoms with Crippen LogP contribution in [0.15, 0.2) is 0 Å². The van der Waals surface area contributed by atoms with Gasteiger partial charge in [-0.05, 0) is 27.2 Å². The van der Waals surface area contributed by atoms with Gasteiger partial charge in [-0.1, -0.05) is 6.92 Å². The molecule has 0 aromatic heterocycles. The van der Waals surface area contributed by atoms with E-state index in [1.807, 2.05) is 20.8 Å². The third-order valence-electron chi connectivity index (χ3n) is 2.94. The summed E-state index contributed by atoms with van der Waals surface area (Å²) >= 11 is 0. The monoisotopic (exact) mass is 242 g/mol. The van der Waals surface area contributed by atoms with E-state index >= 15 is 0 Å². The maximum atomic E-state index is 12.0. The van der Waals surface area contributed by atoms with Crippen molar-refractivity contribution in [3.63, 3.8) is 0 Å². The van der Waals surface area contributed by atoms with E-state index in [1.54, 1.807) is 11.8 Å². The minimum Gasteiger partial charge on any atom is -0.377 e. The highest BCUT2D eigenvalue weighted by atomic mass is 16.5. The molecule has 2 amide bonds. The molecule has 0 radical (unpaired) electrons. The molecule has 17 heavy (non-hydrogen) atoms. The van der Waals surface area contributed by atoms with Gasteiger partial charge in [-0.3, -0.25) is 9.59 Å². The Morgan fingerprint density at radius 3 is 2.59 bits per heavy atom. The summed E-state index contributed by atoms with van der Waals surface area (Å²) in [5.74, 6) is -0.0899. The lowest BCUT2D eigenvalue weighted by atomic mass is 10.1. The Labute approximate surface area is 102 Å². The molecular weight excluding hydrogens is 220 g/mol. The summed E-state index contributed by atoms with van der Waals surface area (Å²) in [6, 6.07) is -0.779. The van der Waals surface area contributed by atoms with Crippen LogP contribution in [-0.2, 0) is 14.3 Å². The quantitative estimate of drug-likeness (QED) is 0.765. The van der Waals surface area contributed by atoms with E-state index in [-0.39, 0.29) is 24.0 Å². The summed E-state index contributed by atoms with van der Waals surface area (Å²) in [5.41, 5.74) is 0. The second kappa shape index (κ2) is 6.00. The van der Waals surface area contributed by atoms with Crippen molar-refractivity contribution in [1.29, 1.82) is 0 Å². The average Bonchev–Trinajstić information content (AvgIpc) is 2.27. The van der Waals surface area contributed by atoms with E-state index in [0.29, 0.717) is 19.6 Å². The van der Waals surface area contributed by atoms with Crippen LogP contribution in [0, 0.1) is 0 Å². The molecule has 0 aromatic carbocycles. The van der Waals surface area contributed by atoms with Crippen LogP contribution < -0.4 is 5.32 Å². The molecule has 0 saturated carbocycles. The lowest BCUT2D eigenvalue weighted by Crippen LogP contribution is -2.62. The predicted molar refractivity (Wildman–Crippen MR) is 64.5 cm³/mol. The summed E-state index contributed by atoms with van der Waals surface area (Å²) in [6.45, 7) is 8.47. The first-order valence-electron chi connectivity index (χ1n) is 6.19. The van der Waals surface area contributed by atoms with Crippen LogP contribution in [0.25, 0.3) is 0 Å². The average molecular weight is 242 g/mol. The van der Waals surface area contributed by atoms with Gasteiger partial charge in [0.15, 0.2) is 0 Å². The van der Waals surface area contributed by atoms with Gasteiger partial charge in [-0.2, -0.15) is 0 Å². The number of hydrogen-bond donors (Lipinski definition) is 1. The summed E-state index contributed by atoms with van der Waals surface area (Å²) in [4.78, 5) is 25.3. The third-order valence-corrected chi connectivity index (χ3v) is 2.94. The first-order valence-corrected chi connectivity index (χ1v) is 6.19. The van der Waals surface area contributed by atoms with Crippen molar-refractivity contribution in [2.45, 2.75) is 52.3 Å². The molecule has 1 heterocycles. The fourth-order valence-electron chi connectivity index (χ4n) is 1.85. The van der Waals surface area contributed by atoms with Crippen LogP contribution >= 0.6 is 0 Å². The van der Waals surface area contributed by atoms with Crippen LogP contribution in [0.3, 0.4) is 0 Å². The number of carbonyl (C=O) groups is 2. The van der Waals surface area contributed by atoms with Crippen molar-refractivity contribution >= 4 is 11.8 Å². The lowest BCUT2D eigenvalue weighted by Gasteiger charge is -2.37. The van der Waals surface area contributed by atoms with Crippen molar-refractivity contribution in [3.8, 4) is 0 Å². The van der Waals surface area contributed by atoms with Gasteiger partial charge in [-0.15, -0.1) is 0 Å². The highest BCUT2D eigenvalue weighted by Gasteiger charge is 2.36. The topological polar surface area (TPSA) is 58.6 Å². The lowest BCUT2D eigenvalue weighted by molar-refractivity contribution is -0.149. The van der Waals surface area contributed by atoms with Gasteiger partial charge in [0.25, 0.3) is 0 Å². The van der Waals surface area contributed by atoms with E-state index in [1.165, 1.54) is 0 Å². The van der Waals surface area contributed by atoms with Gasteiger partial charge >= 0.3 is 0 Å². The minimum atomic E-state index is -0.402. The Balaban J connectivity index is 2.59. The third kappa shape index (κ3) is 3.43. The van der Waals surface area contributed by atoms with Gasteiger partial charge in [0, 0.05) is 6.54 Å². The zero-order valence-electron chi connectivity index (χ0n) is 11.0. The van der Waals surface area contributed by atoms with Crippen molar-refractivity contribution in [1.82, 2.24) is 10.2 Å².